The smallest absolute Gasteiger partial charge is 0.155 e. The molecule has 0 unspecified atom stereocenters. The van der Waals surface area contributed by atoms with Gasteiger partial charge in [0.15, 0.2) is 9.84 Å². The molecule has 0 bridgehead atoms. The summed E-state index contributed by atoms with van der Waals surface area (Å²) in [5, 5.41) is 9.84. The molecule has 1 aromatic heterocycles. The Kier molecular flexibility index (Phi) is 5.23. The van der Waals surface area contributed by atoms with Gasteiger partial charge >= 0.3 is 0 Å². The first-order valence-electron chi connectivity index (χ1n) is 7.36. The van der Waals surface area contributed by atoms with Crippen molar-refractivity contribution in [3.63, 3.8) is 0 Å². The maximum atomic E-state index is 12.3. The highest BCUT2D eigenvalue weighted by Gasteiger charge is 2.23. The molecule has 0 aliphatic carbocycles. The van der Waals surface area contributed by atoms with Crippen LogP contribution in [0, 0.1) is 23.7 Å². The first kappa shape index (κ1) is 17.6. The lowest BCUT2D eigenvalue weighted by atomic mass is 9.93. The fourth-order valence-corrected chi connectivity index (χ4v) is 5.22. The number of aromatic nitrogens is 1. The van der Waals surface area contributed by atoms with Gasteiger partial charge in [-0.15, -0.1) is 11.3 Å². The SMILES string of the molecule is Cc1nc(-c2ccccc2)sc1CS(=O)(=O)CCC(C)(C)C#N. The Morgan fingerprint density at radius 1 is 1.26 bits per heavy atom. The van der Waals surface area contributed by atoms with Crippen molar-refractivity contribution in [2.45, 2.75) is 32.9 Å². The monoisotopic (exact) mass is 348 g/mol. The van der Waals surface area contributed by atoms with E-state index >= 15 is 0 Å². The van der Waals surface area contributed by atoms with Gasteiger partial charge < -0.3 is 0 Å². The van der Waals surface area contributed by atoms with Crippen LogP contribution in [0.2, 0.25) is 0 Å². The maximum Gasteiger partial charge on any atom is 0.155 e. The first-order valence-corrected chi connectivity index (χ1v) is 10.00. The minimum atomic E-state index is -3.25. The number of thiazole rings is 1. The number of sulfone groups is 1. The quantitative estimate of drug-likeness (QED) is 0.792. The molecule has 23 heavy (non-hydrogen) atoms. The van der Waals surface area contributed by atoms with Gasteiger partial charge in [-0.25, -0.2) is 13.4 Å². The molecule has 0 amide bonds. The summed E-state index contributed by atoms with van der Waals surface area (Å²) in [4.78, 5) is 5.27. The second-order valence-electron chi connectivity index (χ2n) is 6.23. The Morgan fingerprint density at radius 2 is 1.91 bits per heavy atom. The molecule has 0 spiro atoms. The summed E-state index contributed by atoms with van der Waals surface area (Å²) in [7, 11) is -3.25. The molecule has 0 N–H and O–H groups in total. The number of rotatable bonds is 6. The van der Waals surface area contributed by atoms with E-state index in [0.29, 0.717) is 6.42 Å². The second-order valence-corrected chi connectivity index (χ2v) is 9.50. The van der Waals surface area contributed by atoms with Crippen molar-refractivity contribution >= 4 is 21.2 Å². The van der Waals surface area contributed by atoms with Crippen molar-refractivity contribution in [3.05, 3.63) is 40.9 Å². The van der Waals surface area contributed by atoms with E-state index in [2.05, 4.69) is 11.1 Å². The summed E-state index contributed by atoms with van der Waals surface area (Å²) in [6.45, 7) is 5.36. The van der Waals surface area contributed by atoms with Crippen LogP contribution in [-0.4, -0.2) is 19.2 Å². The number of hydrogen-bond acceptors (Lipinski definition) is 5. The molecule has 0 saturated carbocycles. The molecular formula is C17H20N2O2S2. The third-order valence-electron chi connectivity index (χ3n) is 3.61. The second kappa shape index (κ2) is 6.81. The van der Waals surface area contributed by atoms with Crippen molar-refractivity contribution in [1.82, 2.24) is 4.98 Å². The van der Waals surface area contributed by atoms with Crippen molar-refractivity contribution in [1.29, 1.82) is 5.26 Å². The molecule has 0 aliphatic heterocycles. The van der Waals surface area contributed by atoms with Crippen LogP contribution in [0.3, 0.4) is 0 Å². The van der Waals surface area contributed by atoms with Gasteiger partial charge in [0.1, 0.15) is 5.01 Å². The molecule has 0 fully saturated rings. The van der Waals surface area contributed by atoms with Crippen LogP contribution in [0.4, 0.5) is 0 Å². The lowest BCUT2D eigenvalue weighted by Crippen LogP contribution is -2.17. The van der Waals surface area contributed by atoms with Gasteiger partial charge in [-0.3, -0.25) is 0 Å². The van der Waals surface area contributed by atoms with E-state index in [4.69, 9.17) is 5.26 Å². The summed E-state index contributed by atoms with van der Waals surface area (Å²) >= 11 is 1.42. The van der Waals surface area contributed by atoms with E-state index in [0.717, 1.165) is 21.1 Å². The average Bonchev–Trinajstić information content (AvgIpc) is 2.87. The Bertz CT molecular complexity index is 816. The van der Waals surface area contributed by atoms with Gasteiger partial charge in [-0.1, -0.05) is 30.3 Å². The third-order valence-corrected chi connectivity index (χ3v) is 6.55. The van der Waals surface area contributed by atoms with Crippen LogP contribution < -0.4 is 0 Å². The van der Waals surface area contributed by atoms with Gasteiger partial charge in [0.25, 0.3) is 0 Å². The molecule has 4 nitrogen and oxygen atoms in total. The van der Waals surface area contributed by atoms with E-state index in [1.54, 1.807) is 13.8 Å². The highest BCUT2D eigenvalue weighted by molar-refractivity contribution is 7.90. The first-order chi connectivity index (χ1) is 10.7. The third kappa shape index (κ3) is 4.88. The zero-order chi connectivity index (χ0) is 17.1. The van der Waals surface area contributed by atoms with E-state index < -0.39 is 15.3 Å². The molecule has 0 atom stereocenters. The molecular weight excluding hydrogens is 328 g/mol. The molecule has 0 radical (unpaired) electrons. The van der Waals surface area contributed by atoms with Crippen LogP contribution in [-0.2, 0) is 15.6 Å². The zero-order valence-corrected chi connectivity index (χ0v) is 15.2. The summed E-state index contributed by atoms with van der Waals surface area (Å²) in [6.07, 6.45) is 0.342. The standard InChI is InChI=1S/C17H20N2O2S2/c1-13-15(11-23(20,21)10-9-17(2,3)12-18)22-16(19-13)14-7-5-4-6-8-14/h4-8H,9-11H2,1-3H3. The van der Waals surface area contributed by atoms with Gasteiger partial charge in [0.2, 0.25) is 0 Å². The fourth-order valence-electron chi connectivity index (χ4n) is 2.00. The van der Waals surface area contributed by atoms with Crippen LogP contribution in [0.15, 0.2) is 30.3 Å². The number of nitriles is 1. The van der Waals surface area contributed by atoms with Gasteiger partial charge in [-0.05, 0) is 27.2 Å². The largest absolute Gasteiger partial charge is 0.241 e. The van der Waals surface area contributed by atoms with Crippen LogP contribution >= 0.6 is 11.3 Å². The van der Waals surface area contributed by atoms with Crippen LogP contribution in [0.25, 0.3) is 10.6 Å². The topological polar surface area (TPSA) is 70.8 Å². The molecule has 1 heterocycles. The van der Waals surface area contributed by atoms with Crippen molar-refractivity contribution in [2.75, 3.05) is 5.75 Å². The normalized spacial score (nSPS) is 12.1. The predicted molar refractivity (Wildman–Crippen MR) is 93.8 cm³/mol. The van der Waals surface area contributed by atoms with Crippen molar-refractivity contribution < 1.29 is 8.42 Å². The molecule has 2 aromatic rings. The lowest BCUT2D eigenvalue weighted by Gasteiger charge is -2.14. The van der Waals surface area contributed by atoms with E-state index in [9.17, 15) is 8.42 Å². The Hall–Kier alpha value is -1.71. The Labute approximate surface area is 141 Å². The summed E-state index contributed by atoms with van der Waals surface area (Å²) < 4.78 is 24.7. The van der Waals surface area contributed by atoms with Crippen LogP contribution in [0.5, 0.6) is 0 Å². The predicted octanol–water partition coefficient (Wildman–Crippen LogP) is 3.97. The minimum Gasteiger partial charge on any atom is -0.241 e. The van der Waals surface area contributed by atoms with Crippen molar-refractivity contribution in [2.24, 2.45) is 5.41 Å². The van der Waals surface area contributed by atoms with E-state index in [1.807, 2.05) is 37.3 Å². The van der Waals surface area contributed by atoms with Crippen LogP contribution in [0.1, 0.15) is 30.8 Å². The van der Waals surface area contributed by atoms with Gasteiger partial charge in [0.05, 0.1) is 28.7 Å². The fraction of sp³-hybridized carbons (Fsp3) is 0.412. The van der Waals surface area contributed by atoms with E-state index in [-0.39, 0.29) is 11.5 Å². The van der Waals surface area contributed by atoms with Gasteiger partial charge in [0, 0.05) is 10.4 Å². The van der Waals surface area contributed by atoms with Gasteiger partial charge in [-0.2, -0.15) is 5.26 Å². The van der Waals surface area contributed by atoms with E-state index in [1.165, 1.54) is 11.3 Å². The molecule has 0 aliphatic rings. The Balaban J connectivity index is 2.14. The average molecular weight is 348 g/mol. The molecule has 0 saturated heterocycles. The highest BCUT2D eigenvalue weighted by Crippen LogP contribution is 2.29. The highest BCUT2D eigenvalue weighted by atomic mass is 32.2. The molecule has 6 heteroatoms. The number of benzene rings is 1. The number of hydrogen-bond donors (Lipinski definition) is 0. The molecule has 122 valence electrons. The molecule has 2 rings (SSSR count). The zero-order valence-electron chi connectivity index (χ0n) is 13.5. The minimum absolute atomic E-state index is 0.00909. The maximum absolute atomic E-state index is 12.3. The number of aryl methyl sites for hydroxylation is 1. The van der Waals surface area contributed by atoms with Crippen molar-refractivity contribution in [3.8, 4) is 16.6 Å². The summed E-state index contributed by atoms with van der Waals surface area (Å²) in [5.74, 6) is 0.0103. The number of nitrogens with zero attached hydrogens (tertiary/aromatic N) is 2. The molecule has 1 aromatic carbocycles. The Morgan fingerprint density at radius 3 is 2.52 bits per heavy atom. The lowest BCUT2D eigenvalue weighted by molar-refractivity contribution is 0.473. The summed E-state index contributed by atoms with van der Waals surface area (Å²) in [6, 6.07) is 11.9. The summed E-state index contributed by atoms with van der Waals surface area (Å²) in [5.41, 5.74) is 1.14.